The zero-order valence-electron chi connectivity index (χ0n) is 19.2. The predicted octanol–water partition coefficient (Wildman–Crippen LogP) is 7.59. The van der Waals surface area contributed by atoms with Crippen molar-refractivity contribution in [2.45, 2.75) is 44.9 Å². The second-order valence-corrected chi connectivity index (χ2v) is 9.00. The van der Waals surface area contributed by atoms with Gasteiger partial charge >= 0.3 is 0 Å². The first-order valence-electron chi connectivity index (χ1n) is 11.9. The van der Waals surface area contributed by atoms with Gasteiger partial charge in [0.15, 0.2) is 6.20 Å². The molecule has 0 unspecified atom stereocenters. The number of furan rings is 1. The summed E-state index contributed by atoms with van der Waals surface area (Å²) in [6.07, 6.45) is 7.58. The molecule has 0 spiro atoms. The standard InChI is InChI=1S/C29H28NO/c1-19-16-25-28(31-27-13-12-21-10-6-7-11-23(21)29(25)27)18-24(19)26-17-22(14-15-30(26)2)20-8-4-3-5-9-20/h6-7,10-18,20H,3-5,8-9H2,1-2H3/q+1/i20D. The minimum Gasteiger partial charge on any atom is -0.456 e. The highest BCUT2D eigenvalue weighted by Crippen LogP contribution is 2.38. The summed E-state index contributed by atoms with van der Waals surface area (Å²) in [5.41, 5.74) is 6.53. The summed E-state index contributed by atoms with van der Waals surface area (Å²) in [6, 6.07) is 21.6. The molecule has 0 bridgehead atoms. The summed E-state index contributed by atoms with van der Waals surface area (Å²) in [5, 5.41) is 4.83. The van der Waals surface area contributed by atoms with E-state index in [1.54, 1.807) is 0 Å². The molecule has 2 nitrogen and oxygen atoms in total. The Balaban J connectivity index is 1.56. The zero-order chi connectivity index (χ0) is 21.9. The molecule has 1 aliphatic carbocycles. The number of hydrogen-bond donors (Lipinski definition) is 0. The van der Waals surface area contributed by atoms with Crippen molar-refractivity contribution in [3.63, 3.8) is 0 Å². The van der Waals surface area contributed by atoms with Crippen LogP contribution in [0.2, 0.25) is 0 Å². The molecule has 5 aromatic rings. The van der Waals surface area contributed by atoms with Crippen LogP contribution in [0.4, 0.5) is 0 Å². The molecule has 2 heteroatoms. The number of benzene rings is 3. The van der Waals surface area contributed by atoms with E-state index >= 15 is 0 Å². The van der Waals surface area contributed by atoms with Crippen molar-refractivity contribution in [2.75, 3.05) is 0 Å². The summed E-state index contributed by atoms with van der Waals surface area (Å²) in [5.74, 6) is -0.461. The van der Waals surface area contributed by atoms with E-state index in [1.165, 1.54) is 39.1 Å². The Morgan fingerprint density at radius 1 is 0.903 bits per heavy atom. The van der Waals surface area contributed by atoms with E-state index < -0.39 is 5.89 Å². The molecule has 0 radical (unpaired) electrons. The van der Waals surface area contributed by atoms with Crippen LogP contribution >= 0.6 is 0 Å². The van der Waals surface area contributed by atoms with E-state index in [4.69, 9.17) is 5.79 Å². The Bertz CT molecular complexity index is 1490. The number of rotatable bonds is 2. The molecule has 1 aliphatic rings. The molecule has 0 saturated heterocycles. The van der Waals surface area contributed by atoms with E-state index in [1.807, 2.05) is 0 Å². The molecule has 0 atom stereocenters. The van der Waals surface area contributed by atoms with Crippen molar-refractivity contribution in [2.24, 2.45) is 7.05 Å². The number of hydrogen-bond acceptors (Lipinski definition) is 1. The molecule has 3 aromatic carbocycles. The molecule has 2 heterocycles. The molecule has 1 saturated carbocycles. The first-order chi connectivity index (χ1) is 15.5. The lowest BCUT2D eigenvalue weighted by atomic mass is 9.84. The first-order valence-corrected chi connectivity index (χ1v) is 11.4. The SMILES string of the molecule is [2H]C1(c2cc[n+](C)c(-c3cc4oc5ccc6ccccc6c5c4cc3C)c2)CCCCC1. The molecule has 0 amide bonds. The van der Waals surface area contributed by atoms with Gasteiger partial charge in [-0.25, -0.2) is 4.57 Å². The van der Waals surface area contributed by atoms with Gasteiger partial charge in [-0.3, -0.25) is 0 Å². The quantitative estimate of drug-likeness (QED) is 0.276. The van der Waals surface area contributed by atoms with Crippen LogP contribution in [-0.4, -0.2) is 0 Å². The van der Waals surface area contributed by atoms with Crippen molar-refractivity contribution >= 4 is 32.7 Å². The highest BCUT2D eigenvalue weighted by atomic mass is 16.3. The number of aryl methyl sites for hydroxylation is 2. The Labute approximate surface area is 184 Å². The van der Waals surface area contributed by atoms with Gasteiger partial charge in [0, 0.05) is 24.3 Å². The fraction of sp³-hybridized carbons (Fsp3) is 0.276. The molecule has 1 fully saturated rings. The van der Waals surface area contributed by atoms with Crippen molar-refractivity contribution < 1.29 is 10.4 Å². The van der Waals surface area contributed by atoms with Crippen LogP contribution in [0.3, 0.4) is 0 Å². The van der Waals surface area contributed by atoms with Crippen LogP contribution in [0.15, 0.2) is 71.3 Å². The second kappa shape index (κ2) is 7.23. The third-order valence-corrected chi connectivity index (χ3v) is 7.00. The summed E-state index contributed by atoms with van der Waals surface area (Å²) < 4.78 is 17.6. The van der Waals surface area contributed by atoms with Gasteiger partial charge in [0.05, 0.1) is 5.56 Å². The van der Waals surface area contributed by atoms with Crippen molar-refractivity contribution in [3.8, 4) is 11.3 Å². The summed E-state index contributed by atoms with van der Waals surface area (Å²) in [6.45, 7) is 2.18. The molecule has 6 rings (SSSR count). The van der Waals surface area contributed by atoms with Crippen LogP contribution in [0.25, 0.3) is 44.0 Å². The Morgan fingerprint density at radius 2 is 1.74 bits per heavy atom. The third-order valence-electron chi connectivity index (χ3n) is 7.00. The van der Waals surface area contributed by atoms with Crippen LogP contribution in [0.5, 0.6) is 0 Å². The van der Waals surface area contributed by atoms with Crippen LogP contribution in [0.1, 0.15) is 50.5 Å². The predicted molar refractivity (Wildman–Crippen MR) is 128 cm³/mol. The minimum atomic E-state index is -0.461. The molecule has 2 aromatic heterocycles. The van der Waals surface area contributed by atoms with Crippen molar-refractivity contribution in [3.05, 3.63) is 78.0 Å². The van der Waals surface area contributed by atoms with Crippen molar-refractivity contribution in [1.29, 1.82) is 0 Å². The Morgan fingerprint density at radius 3 is 2.61 bits per heavy atom. The van der Waals surface area contributed by atoms with Gasteiger partial charge in [0.1, 0.15) is 18.2 Å². The van der Waals surface area contributed by atoms with Gasteiger partial charge in [-0.05, 0) is 65.8 Å². The number of aromatic nitrogens is 1. The number of pyridine rings is 1. The maximum absolute atomic E-state index is 9.10. The average molecular weight is 408 g/mol. The van der Waals surface area contributed by atoms with Crippen LogP contribution < -0.4 is 4.57 Å². The molecular weight excluding hydrogens is 378 g/mol. The maximum atomic E-state index is 9.10. The van der Waals surface area contributed by atoms with Gasteiger partial charge < -0.3 is 4.42 Å². The second-order valence-electron chi connectivity index (χ2n) is 9.00. The smallest absolute Gasteiger partial charge is 0.212 e. The van der Waals surface area contributed by atoms with E-state index in [9.17, 15) is 0 Å². The Kier molecular flexibility index (Phi) is 4.09. The van der Waals surface area contributed by atoms with Gasteiger partial charge in [-0.1, -0.05) is 49.6 Å². The van der Waals surface area contributed by atoms with Gasteiger partial charge in [0.2, 0.25) is 5.69 Å². The lowest BCUT2D eigenvalue weighted by molar-refractivity contribution is -0.660. The molecule has 0 aliphatic heterocycles. The first kappa shape index (κ1) is 17.5. The summed E-state index contributed by atoms with van der Waals surface area (Å²) in [7, 11) is 2.09. The molecule has 0 N–H and O–H groups in total. The topological polar surface area (TPSA) is 17.0 Å². The molecule has 31 heavy (non-hydrogen) atoms. The monoisotopic (exact) mass is 407 g/mol. The van der Waals surface area contributed by atoms with Crippen LogP contribution in [-0.2, 0) is 7.05 Å². The number of nitrogens with zero attached hydrogens (tertiary/aromatic N) is 1. The van der Waals surface area contributed by atoms with Crippen molar-refractivity contribution in [1.82, 2.24) is 0 Å². The number of fused-ring (bicyclic) bond motifs is 5. The average Bonchev–Trinajstić information content (AvgIpc) is 3.17. The lowest BCUT2D eigenvalue weighted by Gasteiger charge is -2.21. The normalized spacial score (nSPS) is 16.8. The zero-order valence-corrected chi connectivity index (χ0v) is 18.2. The minimum absolute atomic E-state index is 0.461. The Hall–Kier alpha value is -3.13. The van der Waals surface area contributed by atoms with Gasteiger partial charge in [0.25, 0.3) is 0 Å². The summed E-state index contributed by atoms with van der Waals surface area (Å²) in [4.78, 5) is 0. The van der Waals surface area contributed by atoms with E-state index in [0.29, 0.717) is 0 Å². The molecule has 154 valence electrons. The summed E-state index contributed by atoms with van der Waals surface area (Å²) >= 11 is 0. The fourth-order valence-electron chi connectivity index (χ4n) is 5.30. The van der Waals surface area contributed by atoms with Gasteiger partial charge in [-0.2, -0.15) is 0 Å². The lowest BCUT2D eigenvalue weighted by Crippen LogP contribution is -2.31. The van der Waals surface area contributed by atoms with Crippen LogP contribution in [0, 0.1) is 6.92 Å². The fourth-order valence-corrected chi connectivity index (χ4v) is 5.30. The highest BCUT2D eigenvalue weighted by molar-refractivity contribution is 6.19. The molecular formula is C29H28NO+. The third kappa shape index (κ3) is 3.05. The largest absolute Gasteiger partial charge is 0.456 e. The van der Waals surface area contributed by atoms with E-state index in [2.05, 4.69) is 85.4 Å². The van der Waals surface area contributed by atoms with Gasteiger partial charge in [-0.15, -0.1) is 0 Å². The maximum Gasteiger partial charge on any atom is 0.212 e. The highest BCUT2D eigenvalue weighted by Gasteiger charge is 2.21. The van der Waals surface area contributed by atoms with E-state index in [-0.39, 0.29) is 0 Å². The van der Waals surface area contributed by atoms with E-state index in [0.717, 1.165) is 48.1 Å².